The summed E-state index contributed by atoms with van der Waals surface area (Å²) in [4.78, 5) is 10.4. The van der Waals surface area contributed by atoms with Gasteiger partial charge in [0.05, 0.1) is 6.61 Å². The van der Waals surface area contributed by atoms with E-state index in [1.807, 2.05) is 0 Å². The first-order valence-corrected chi connectivity index (χ1v) is 3.86. The molecule has 0 saturated carbocycles. The van der Waals surface area contributed by atoms with E-state index in [-0.39, 0.29) is 6.61 Å². The number of nitrogens with zero attached hydrogens (tertiary/aromatic N) is 1. The highest BCUT2D eigenvalue weighted by Gasteiger charge is 2.11. The number of aliphatic carboxylic acids is 1. The molecule has 0 aromatic carbocycles. The minimum Gasteiger partial charge on any atom is -0.479 e. The van der Waals surface area contributed by atoms with Crippen molar-refractivity contribution in [1.82, 2.24) is 5.16 Å². The summed E-state index contributed by atoms with van der Waals surface area (Å²) in [6.07, 6.45) is -0.822. The first-order chi connectivity index (χ1) is 6.09. The van der Waals surface area contributed by atoms with Gasteiger partial charge in [-0.1, -0.05) is 5.16 Å². The third-order valence-electron chi connectivity index (χ3n) is 1.51. The van der Waals surface area contributed by atoms with Gasteiger partial charge in [-0.05, 0) is 13.8 Å². The second-order valence-corrected chi connectivity index (χ2v) is 2.72. The molecular formula is C8H11NO4. The molecule has 1 N–H and O–H groups in total. The molecule has 1 rings (SSSR count). The number of carbonyl (C=O) groups is 1. The molecule has 1 heterocycles. The SMILES string of the molecule is Cc1cc(CO[C@H](C)C(=O)O)no1. The Balaban J connectivity index is 2.39. The van der Waals surface area contributed by atoms with Gasteiger partial charge in [-0.15, -0.1) is 0 Å². The smallest absolute Gasteiger partial charge is 0.332 e. The Hall–Kier alpha value is -1.36. The van der Waals surface area contributed by atoms with Crippen LogP contribution in [0.3, 0.4) is 0 Å². The van der Waals surface area contributed by atoms with Crippen LogP contribution in [0.15, 0.2) is 10.6 Å². The standard InChI is InChI=1S/C8H11NO4/c1-5-3-7(9-13-5)4-12-6(2)8(10)11/h3,6H,4H2,1-2H3,(H,10,11)/t6-/m1/s1. The van der Waals surface area contributed by atoms with Crippen molar-refractivity contribution in [3.63, 3.8) is 0 Å². The van der Waals surface area contributed by atoms with E-state index in [1.165, 1.54) is 6.92 Å². The molecule has 1 aromatic heterocycles. The largest absolute Gasteiger partial charge is 0.479 e. The Morgan fingerprint density at radius 3 is 3.00 bits per heavy atom. The van der Waals surface area contributed by atoms with Crippen molar-refractivity contribution in [1.29, 1.82) is 0 Å². The van der Waals surface area contributed by atoms with E-state index in [9.17, 15) is 4.79 Å². The lowest BCUT2D eigenvalue weighted by atomic mass is 10.4. The highest BCUT2D eigenvalue weighted by atomic mass is 16.5. The summed E-state index contributed by atoms with van der Waals surface area (Å²) in [5.74, 6) is -0.304. The van der Waals surface area contributed by atoms with Crippen LogP contribution in [0.5, 0.6) is 0 Å². The van der Waals surface area contributed by atoms with E-state index in [0.29, 0.717) is 11.5 Å². The molecule has 0 unspecified atom stereocenters. The Bertz CT molecular complexity index is 294. The number of rotatable bonds is 4. The van der Waals surface area contributed by atoms with Gasteiger partial charge in [0.2, 0.25) is 0 Å². The summed E-state index contributed by atoms with van der Waals surface area (Å²) >= 11 is 0. The summed E-state index contributed by atoms with van der Waals surface area (Å²) in [5, 5.41) is 12.2. The maximum absolute atomic E-state index is 10.4. The van der Waals surface area contributed by atoms with Crippen LogP contribution in [0.25, 0.3) is 0 Å². The first kappa shape index (κ1) is 9.73. The van der Waals surface area contributed by atoms with Crippen molar-refractivity contribution in [2.45, 2.75) is 26.6 Å². The summed E-state index contributed by atoms with van der Waals surface area (Å²) < 4.78 is 9.76. The number of ether oxygens (including phenoxy) is 1. The third kappa shape index (κ3) is 2.87. The zero-order valence-corrected chi connectivity index (χ0v) is 7.48. The van der Waals surface area contributed by atoms with Crippen LogP contribution >= 0.6 is 0 Å². The number of carboxylic acids is 1. The molecule has 5 heteroatoms. The van der Waals surface area contributed by atoms with Crippen molar-refractivity contribution < 1.29 is 19.2 Å². The second-order valence-electron chi connectivity index (χ2n) is 2.72. The third-order valence-corrected chi connectivity index (χ3v) is 1.51. The topological polar surface area (TPSA) is 72.6 Å². The summed E-state index contributed by atoms with van der Waals surface area (Å²) in [7, 11) is 0. The van der Waals surface area contributed by atoms with E-state index >= 15 is 0 Å². The van der Waals surface area contributed by atoms with Gasteiger partial charge in [0.25, 0.3) is 0 Å². The summed E-state index contributed by atoms with van der Waals surface area (Å²) in [6.45, 7) is 3.39. The van der Waals surface area contributed by atoms with Crippen LogP contribution in [0.2, 0.25) is 0 Å². The fourth-order valence-electron chi connectivity index (χ4n) is 0.768. The van der Waals surface area contributed by atoms with Crippen LogP contribution in [0.4, 0.5) is 0 Å². The van der Waals surface area contributed by atoms with E-state index < -0.39 is 12.1 Å². The van der Waals surface area contributed by atoms with Gasteiger partial charge in [-0.25, -0.2) is 4.79 Å². The van der Waals surface area contributed by atoms with Crippen molar-refractivity contribution in [3.05, 3.63) is 17.5 Å². The van der Waals surface area contributed by atoms with Gasteiger partial charge in [0, 0.05) is 6.07 Å². The maximum Gasteiger partial charge on any atom is 0.332 e. The van der Waals surface area contributed by atoms with Gasteiger partial charge in [0.1, 0.15) is 11.5 Å². The monoisotopic (exact) mass is 185 g/mol. The fraction of sp³-hybridized carbons (Fsp3) is 0.500. The maximum atomic E-state index is 10.4. The Morgan fingerprint density at radius 2 is 2.54 bits per heavy atom. The van der Waals surface area contributed by atoms with Gasteiger partial charge < -0.3 is 14.4 Å². The molecule has 5 nitrogen and oxygen atoms in total. The zero-order valence-electron chi connectivity index (χ0n) is 7.48. The number of carboxylic acid groups (broad SMARTS) is 1. The predicted octanol–water partition coefficient (Wildman–Crippen LogP) is 0.973. The molecule has 0 aliphatic rings. The molecule has 0 spiro atoms. The first-order valence-electron chi connectivity index (χ1n) is 3.86. The highest BCUT2D eigenvalue weighted by Crippen LogP contribution is 2.04. The molecule has 0 saturated heterocycles. The molecular weight excluding hydrogens is 174 g/mol. The average Bonchev–Trinajstić information content (AvgIpc) is 2.47. The number of aromatic nitrogens is 1. The van der Waals surface area contributed by atoms with Crippen LogP contribution < -0.4 is 0 Å². The highest BCUT2D eigenvalue weighted by molar-refractivity contribution is 5.71. The van der Waals surface area contributed by atoms with Crippen LogP contribution in [-0.4, -0.2) is 22.3 Å². The van der Waals surface area contributed by atoms with E-state index in [2.05, 4.69) is 5.16 Å². The minimum atomic E-state index is -0.986. The van der Waals surface area contributed by atoms with Gasteiger partial charge in [-0.2, -0.15) is 0 Å². The molecule has 1 atom stereocenters. The second kappa shape index (κ2) is 4.04. The van der Waals surface area contributed by atoms with Crippen LogP contribution in [-0.2, 0) is 16.1 Å². The van der Waals surface area contributed by atoms with Crippen LogP contribution in [0.1, 0.15) is 18.4 Å². The molecule has 72 valence electrons. The Kier molecular flexibility index (Phi) is 3.02. The van der Waals surface area contributed by atoms with E-state index in [0.717, 1.165) is 0 Å². The lowest BCUT2D eigenvalue weighted by molar-refractivity contribution is -0.149. The zero-order chi connectivity index (χ0) is 9.84. The van der Waals surface area contributed by atoms with Gasteiger partial charge >= 0.3 is 5.97 Å². The number of aryl methyl sites for hydroxylation is 1. The lowest BCUT2D eigenvalue weighted by Crippen LogP contribution is -2.19. The quantitative estimate of drug-likeness (QED) is 0.756. The van der Waals surface area contributed by atoms with Gasteiger partial charge in [-0.3, -0.25) is 0 Å². The molecule has 0 fully saturated rings. The minimum absolute atomic E-state index is 0.158. The fourth-order valence-corrected chi connectivity index (χ4v) is 0.768. The Morgan fingerprint density at radius 1 is 1.85 bits per heavy atom. The molecule has 0 bridgehead atoms. The number of hydrogen-bond acceptors (Lipinski definition) is 4. The Labute approximate surface area is 75.3 Å². The summed E-state index contributed by atoms with van der Waals surface area (Å²) in [6, 6.07) is 1.70. The molecule has 0 aliphatic carbocycles. The lowest BCUT2D eigenvalue weighted by Gasteiger charge is -2.05. The average molecular weight is 185 g/mol. The van der Waals surface area contributed by atoms with E-state index in [1.54, 1.807) is 13.0 Å². The molecule has 13 heavy (non-hydrogen) atoms. The molecule has 0 radical (unpaired) electrons. The molecule has 0 amide bonds. The summed E-state index contributed by atoms with van der Waals surface area (Å²) in [5.41, 5.74) is 0.602. The van der Waals surface area contributed by atoms with E-state index in [4.69, 9.17) is 14.4 Å². The normalized spacial score (nSPS) is 12.8. The molecule has 0 aliphatic heterocycles. The van der Waals surface area contributed by atoms with Crippen molar-refractivity contribution in [3.8, 4) is 0 Å². The molecule has 1 aromatic rings. The van der Waals surface area contributed by atoms with Gasteiger partial charge in [0.15, 0.2) is 6.10 Å². The van der Waals surface area contributed by atoms with Crippen molar-refractivity contribution in [2.24, 2.45) is 0 Å². The number of hydrogen-bond donors (Lipinski definition) is 1. The van der Waals surface area contributed by atoms with Crippen molar-refractivity contribution >= 4 is 5.97 Å². The van der Waals surface area contributed by atoms with Crippen LogP contribution in [0, 0.1) is 6.92 Å². The predicted molar refractivity (Wildman–Crippen MR) is 43.1 cm³/mol. The van der Waals surface area contributed by atoms with Crippen molar-refractivity contribution in [2.75, 3.05) is 0 Å².